The minimum Gasteiger partial charge on any atom is -0.354 e. The van der Waals surface area contributed by atoms with Gasteiger partial charge in [-0.05, 0) is 46.8 Å². The Hall–Kier alpha value is -3.70. The second kappa shape index (κ2) is 11.2. The lowest BCUT2D eigenvalue weighted by Crippen LogP contribution is -2.42. The van der Waals surface area contributed by atoms with Gasteiger partial charge in [-0.1, -0.05) is 12.1 Å². The maximum atomic E-state index is 13.1. The van der Waals surface area contributed by atoms with Crippen molar-refractivity contribution in [1.82, 2.24) is 29.1 Å². The van der Waals surface area contributed by atoms with Crippen molar-refractivity contribution in [1.29, 1.82) is 0 Å². The van der Waals surface area contributed by atoms with E-state index in [0.29, 0.717) is 12.2 Å². The molecular formula is C26H34N8O7S. The van der Waals surface area contributed by atoms with Crippen LogP contribution in [0.5, 0.6) is 0 Å². The third-order valence-corrected chi connectivity index (χ3v) is 9.11. The molecule has 226 valence electrons. The van der Waals surface area contributed by atoms with Gasteiger partial charge in [0, 0.05) is 19.6 Å². The highest BCUT2D eigenvalue weighted by atomic mass is 32.2. The normalized spacial score (nSPS) is 23.3. The number of amides is 3. The molecule has 2 aromatic heterocycles. The molecule has 0 radical (unpaired) electrons. The fourth-order valence-electron chi connectivity index (χ4n) is 4.90. The van der Waals surface area contributed by atoms with Crippen molar-refractivity contribution in [3.8, 4) is 0 Å². The van der Waals surface area contributed by atoms with Crippen LogP contribution in [0.3, 0.4) is 0 Å². The van der Waals surface area contributed by atoms with Gasteiger partial charge in [0.15, 0.2) is 35.1 Å². The highest BCUT2D eigenvalue weighted by Crippen LogP contribution is 2.44. The first-order valence-electron chi connectivity index (χ1n) is 13.5. The number of nitrogens with zero attached hydrogens (tertiary/aromatic N) is 5. The van der Waals surface area contributed by atoms with Crippen molar-refractivity contribution in [2.24, 2.45) is 0 Å². The molecule has 0 unspecified atom stereocenters. The Balaban J connectivity index is 1.40. The minimum absolute atomic E-state index is 0.0511. The zero-order chi connectivity index (χ0) is 30.4. The van der Waals surface area contributed by atoms with Gasteiger partial charge in [0.25, 0.3) is 5.91 Å². The van der Waals surface area contributed by atoms with Crippen LogP contribution in [0.4, 0.5) is 16.3 Å². The van der Waals surface area contributed by atoms with E-state index in [1.807, 2.05) is 6.92 Å². The molecule has 2 fully saturated rings. The van der Waals surface area contributed by atoms with Crippen molar-refractivity contribution < 1.29 is 32.2 Å². The Kier molecular flexibility index (Phi) is 7.93. The number of sulfonamides is 1. The van der Waals surface area contributed by atoms with Crippen LogP contribution in [0.2, 0.25) is 0 Å². The van der Waals surface area contributed by atoms with Gasteiger partial charge in [-0.15, -0.1) is 0 Å². The molecule has 2 aliphatic rings. The van der Waals surface area contributed by atoms with Crippen LogP contribution in [0.25, 0.3) is 11.2 Å². The fraction of sp³-hybridized carbons (Fsp3) is 0.500. The molecule has 4 atom stereocenters. The summed E-state index contributed by atoms with van der Waals surface area (Å²) in [7, 11) is -2.40. The number of carbonyl (C=O) groups excluding carboxylic acids is 2. The molecule has 0 aliphatic carbocycles. The number of para-hydroxylation sites is 1. The molecule has 0 saturated carbocycles. The Labute approximate surface area is 243 Å². The van der Waals surface area contributed by atoms with Crippen molar-refractivity contribution in [2.75, 3.05) is 24.2 Å². The van der Waals surface area contributed by atoms with Gasteiger partial charge in [-0.3, -0.25) is 14.7 Å². The highest BCUT2D eigenvalue weighted by molar-refractivity contribution is 7.89. The van der Waals surface area contributed by atoms with Gasteiger partial charge in [-0.2, -0.15) is 4.31 Å². The maximum Gasteiger partial charge on any atom is 0.324 e. The summed E-state index contributed by atoms with van der Waals surface area (Å²) in [6.45, 7) is 9.26. The van der Waals surface area contributed by atoms with Gasteiger partial charge < -0.3 is 24.8 Å². The fourth-order valence-corrected chi connectivity index (χ4v) is 6.42. The molecule has 16 heteroatoms. The molecule has 2 saturated heterocycles. The number of likely N-dealkylation sites (N-methyl/N-ethyl adjacent to an activating group) is 1. The monoisotopic (exact) mass is 602 g/mol. The predicted octanol–water partition coefficient (Wildman–Crippen LogP) is 2.05. The number of ether oxygens (including phenoxy) is 3. The summed E-state index contributed by atoms with van der Waals surface area (Å²) >= 11 is 0. The third kappa shape index (κ3) is 5.43. The number of carbonyl (C=O) groups is 2. The number of aromatic nitrogens is 4. The molecule has 15 nitrogen and oxygen atoms in total. The second-order valence-electron chi connectivity index (χ2n) is 10.6. The van der Waals surface area contributed by atoms with Crippen molar-refractivity contribution in [3.63, 3.8) is 0 Å². The van der Waals surface area contributed by atoms with E-state index >= 15 is 0 Å². The van der Waals surface area contributed by atoms with E-state index in [2.05, 4.69) is 30.9 Å². The molecule has 3 N–H and O–H groups in total. The number of fused-ring (bicyclic) bond motifs is 2. The Bertz CT molecular complexity index is 1610. The summed E-state index contributed by atoms with van der Waals surface area (Å²) < 4.78 is 47.3. The quantitative estimate of drug-likeness (QED) is 0.346. The van der Waals surface area contributed by atoms with E-state index in [9.17, 15) is 18.0 Å². The molecule has 2 aliphatic heterocycles. The van der Waals surface area contributed by atoms with E-state index in [4.69, 9.17) is 14.2 Å². The summed E-state index contributed by atoms with van der Waals surface area (Å²) in [5.41, 5.74) is 0.657. The molecule has 0 bridgehead atoms. The number of rotatable bonds is 8. The van der Waals surface area contributed by atoms with Crippen molar-refractivity contribution in [2.45, 2.75) is 75.9 Å². The van der Waals surface area contributed by atoms with Gasteiger partial charge in [0.1, 0.15) is 23.4 Å². The molecule has 4 heterocycles. The summed E-state index contributed by atoms with van der Waals surface area (Å²) in [6.07, 6.45) is -0.318. The molecule has 0 spiro atoms. The zero-order valence-corrected chi connectivity index (χ0v) is 24.9. The van der Waals surface area contributed by atoms with E-state index in [-0.39, 0.29) is 33.9 Å². The minimum atomic E-state index is -3.87. The topological polar surface area (TPSA) is 179 Å². The van der Waals surface area contributed by atoms with Crippen LogP contribution >= 0.6 is 0 Å². The summed E-state index contributed by atoms with van der Waals surface area (Å²) in [5.74, 6) is -1.18. The predicted molar refractivity (Wildman–Crippen MR) is 151 cm³/mol. The average molecular weight is 603 g/mol. The molecule has 3 amide bonds. The molecular weight excluding hydrogens is 568 g/mol. The van der Waals surface area contributed by atoms with Gasteiger partial charge >= 0.3 is 6.03 Å². The van der Waals surface area contributed by atoms with E-state index in [1.165, 1.54) is 36.1 Å². The van der Waals surface area contributed by atoms with Gasteiger partial charge in [0.05, 0.1) is 12.0 Å². The Morgan fingerprint density at radius 2 is 1.81 bits per heavy atom. The number of hydrogen-bond donors (Lipinski definition) is 3. The van der Waals surface area contributed by atoms with Crippen molar-refractivity contribution in [3.05, 3.63) is 36.9 Å². The third-order valence-electron chi connectivity index (χ3n) is 7.02. The SMILES string of the molecule is CCNC(=O)[C@H]1O[C@@H](n2cnc3c(NC(=O)Nc4ccccc4S(=O)(=O)N(C)C(C)C)ncnc32)[C@@H]2OC(C)(C)O[C@@H]21. The second-order valence-corrected chi connectivity index (χ2v) is 12.6. The Morgan fingerprint density at radius 3 is 2.52 bits per heavy atom. The average Bonchev–Trinajstić information content (AvgIpc) is 3.59. The summed E-state index contributed by atoms with van der Waals surface area (Å²) in [5, 5.41) is 7.98. The lowest BCUT2D eigenvalue weighted by atomic mass is 10.1. The van der Waals surface area contributed by atoms with Crippen LogP contribution in [-0.4, -0.2) is 87.9 Å². The maximum absolute atomic E-state index is 13.1. The van der Waals surface area contributed by atoms with Gasteiger partial charge in [0.2, 0.25) is 10.0 Å². The van der Waals surface area contributed by atoms with Crippen LogP contribution in [-0.2, 0) is 29.0 Å². The standard InChI is InChI=1S/C26H34N8O7S/c1-7-27-23(35)19-18-20(41-26(4,5)40-18)24(39-19)34-13-30-17-21(28-12-29-22(17)34)32-25(36)31-15-10-8-9-11-16(15)42(37,38)33(6)14(2)3/h8-14,18-20,24H,7H2,1-6H3,(H,27,35)(H2,28,29,31,32,36)/t18-,19+,20-,24-/m1/s1. The first-order chi connectivity index (χ1) is 19.8. The summed E-state index contributed by atoms with van der Waals surface area (Å²) in [4.78, 5) is 38.6. The zero-order valence-electron chi connectivity index (χ0n) is 24.1. The Morgan fingerprint density at radius 1 is 1.10 bits per heavy atom. The first-order valence-corrected chi connectivity index (χ1v) is 14.9. The molecule has 42 heavy (non-hydrogen) atoms. The number of anilines is 2. The number of urea groups is 1. The van der Waals surface area contributed by atoms with Crippen molar-refractivity contribution >= 4 is 44.6 Å². The lowest BCUT2D eigenvalue weighted by Gasteiger charge is -2.24. The van der Waals surface area contributed by atoms with Crippen LogP contribution in [0.1, 0.15) is 40.8 Å². The van der Waals surface area contributed by atoms with Gasteiger partial charge in [-0.25, -0.2) is 28.2 Å². The first kappa shape index (κ1) is 29.8. The largest absolute Gasteiger partial charge is 0.354 e. The molecule has 3 aromatic rings. The molecule has 1 aromatic carbocycles. The van der Waals surface area contributed by atoms with Crippen LogP contribution in [0.15, 0.2) is 41.8 Å². The number of hydrogen-bond acceptors (Lipinski definition) is 10. The van der Waals surface area contributed by atoms with Crippen LogP contribution in [0, 0.1) is 0 Å². The summed E-state index contributed by atoms with van der Waals surface area (Å²) in [6, 6.07) is 5.10. The van der Waals surface area contributed by atoms with E-state index < -0.39 is 46.4 Å². The number of imidazole rings is 1. The number of benzene rings is 1. The van der Waals surface area contributed by atoms with E-state index in [1.54, 1.807) is 44.4 Å². The number of nitrogens with one attached hydrogen (secondary N) is 3. The van der Waals surface area contributed by atoms with Crippen LogP contribution < -0.4 is 16.0 Å². The lowest BCUT2D eigenvalue weighted by molar-refractivity contribution is -0.197. The molecule has 5 rings (SSSR count). The van der Waals surface area contributed by atoms with E-state index in [0.717, 1.165) is 0 Å². The smallest absolute Gasteiger partial charge is 0.324 e. The highest BCUT2D eigenvalue weighted by Gasteiger charge is 2.58.